The highest BCUT2D eigenvalue weighted by molar-refractivity contribution is 5.99. The zero-order chi connectivity index (χ0) is 41.7. The summed E-state index contributed by atoms with van der Waals surface area (Å²) in [4.78, 5) is 45.3. The number of aromatic nitrogens is 5. The molecule has 17 heteroatoms. The summed E-state index contributed by atoms with van der Waals surface area (Å²) >= 11 is 0. The van der Waals surface area contributed by atoms with E-state index in [0.717, 1.165) is 0 Å². The van der Waals surface area contributed by atoms with E-state index in [0.29, 0.717) is 63.1 Å². The van der Waals surface area contributed by atoms with Crippen molar-refractivity contribution in [3.8, 4) is 11.4 Å². The minimum Gasteiger partial charge on any atom is -0.458 e. The number of amides is 1. The molecule has 3 saturated heterocycles. The number of aliphatic hydroxyl groups is 1. The van der Waals surface area contributed by atoms with Crippen LogP contribution in [0.2, 0.25) is 0 Å². The van der Waals surface area contributed by atoms with Crippen molar-refractivity contribution in [3.05, 3.63) is 24.5 Å². The fourth-order valence-electron chi connectivity index (χ4n) is 8.67. The molecule has 12 atom stereocenters. The van der Waals surface area contributed by atoms with Crippen LogP contribution in [0.15, 0.2) is 24.5 Å². The number of hydrogen-bond donors (Lipinski definition) is 2. The highest BCUT2D eigenvalue weighted by Crippen LogP contribution is 2.39. The number of aliphatic hydroxyl groups excluding tert-OH is 1. The first-order chi connectivity index (χ1) is 27.0. The van der Waals surface area contributed by atoms with Gasteiger partial charge < -0.3 is 39.0 Å². The van der Waals surface area contributed by atoms with E-state index in [1.807, 2.05) is 65.9 Å². The monoisotopic (exact) mass is 800 g/mol. The standard InChI is InChI=1S/C40H64N8O9/c1-11-32-40(7)35(48(38(52)57-40)18-13-12-17-47-23-29(44-45-47)28-15-14-16-42-43-28)27(5)41-22-24(2)21-39(6,53-10)33(20-31(49)26(4)36(51)55-32)56-37-34(50)30(46(8)9)19-25(3)54-37/h14-16,23-27,30,32-35,37,41,50H,11-13,17-22H2,1-10H3/t24-,25-,26-,27-,30?,32-,33-,34?,35-,37+,39-,40-/m1/s1. The van der Waals surface area contributed by atoms with Crippen LogP contribution in [0.1, 0.15) is 87.0 Å². The van der Waals surface area contributed by atoms with E-state index in [9.17, 15) is 19.5 Å². The van der Waals surface area contributed by atoms with Crippen LogP contribution < -0.4 is 5.32 Å². The summed E-state index contributed by atoms with van der Waals surface area (Å²) in [5.74, 6) is -2.27. The molecule has 318 valence electrons. The SMILES string of the molecule is CC[C@H]1OC(=O)[C@H](C)C(=O)C[C@@H](O[C@@H]2O[C@H](C)CC(N(C)C)C2O)[C@](C)(OC)C[C@@H](C)CN[C@H](C)[C@H]2N(CCCCn3cc(-c4cccnn4)nn3)C(=O)O[C@]12C. The number of nitrogens with one attached hydrogen (secondary N) is 1. The van der Waals surface area contributed by atoms with Gasteiger partial charge in [0.2, 0.25) is 0 Å². The molecule has 0 bridgehead atoms. The lowest BCUT2D eigenvalue weighted by molar-refractivity contribution is -0.289. The Balaban J connectivity index is 1.36. The lowest BCUT2D eigenvalue weighted by Crippen LogP contribution is -2.61. The van der Waals surface area contributed by atoms with Crippen molar-refractivity contribution in [2.45, 2.75) is 154 Å². The molecule has 3 aliphatic heterocycles. The second-order valence-electron chi connectivity index (χ2n) is 16.8. The number of likely N-dealkylation sites (N-methyl/N-ethyl adjacent to an activating group) is 1. The maximum atomic E-state index is 14.0. The van der Waals surface area contributed by atoms with Crippen molar-refractivity contribution in [1.29, 1.82) is 0 Å². The highest BCUT2D eigenvalue weighted by Gasteiger charge is 2.58. The van der Waals surface area contributed by atoms with Crippen LogP contribution in [0, 0.1) is 11.8 Å². The number of ether oxygens (including phenoxy) is 5. The number of carbonyl (C=O) groups excluding carboxylic acids is 3. The summed E-state index contributed by atoms with van der Waals surface area (Å²) in [5.41, 5.74) is -0.978. The fraction of sp³-hybridized carbons (Fsp3) is 0.775. The molecule has 2 unspecified atom stereocenters. The summed E-state index contributed by atoms with van der Waals surface area (Å²) < 4.78 is 32.9. The fourth-order valence-corrected chi connectivity index (χ4v) is 8.67. The molecule has 2 aromatic heterocycles. The molecule has 57 heavy (non-hydrogen) atoms. The zero-order valence-corrected chi connectivity index (χ0v) is 35.3. The summed E-state index contributed by atoms with van der Waals surface area (Å²) in [7, 11) is 5.38. The van der Waals surface area contributed by atoms with Crippen molar-refractivity contribution >= 4 is 17.8 Å². The molecule has 17 nitrogen and oxygen atoms in total. The summed E-state index contributed by atoms with van der Waals surface area (Å²) in [5, 5.41) is 31.5. The van der Waals surface area contributed by atoms with Crippen LogP contribution in [0.4, 0.5) is 4.79 Å². The molecule has 0 spiro atoms. The second kappa shape index (κ2) is 19.0. The Bertz CT molecular complexity index is 1650. The van der Waals surface area contributed by atoms with E-state index >= 15 is 0 Å². The molecule has 0 saturated carbocycles. The smallest absolute Gasteiger partial charge is 0.410 e. The molecule has 2 aromatic rings. The molecule has 3 aliphatic rings. The maximum absolute atomic E-state index is 14.0. The first-order valence-corrected chi connectivity index (χ1v) is 20.4. The molecule has 0 aliphatic carbocycles. The lowest BCUT2D eigenvalue weighted by Gasteiger charge is -2.45. The van der Waals surface area contributed by atoms with Gasteiger partial charge in [-0.25, -0.2) is 4.79 Å². The Hall–Kier alpha value is -3.61. The number of fused-ring (bicyclic) bond motifs is 1. The average molecular weight is 801 g/mol. The first-order valence-electron chi connectivity index (χ1n) is 20.4. The molecule has 1 amide bonds. The number of rotatable bonds is 11. The Morgan fingerprint density at radius 2 is 1.81 bits per heavy atom. The topological polar surface area (TPSA) is 193 Å². The van der Waals surface area contributed by atoms with E-state index < -0.39 is 65.6 Å². The number of unbranched alkanes of at least 4 members (excludes halogenated alkanes) is 1. The van der Waals surface area contributed by atoms with Gasteiger partial charge in [-0.15, -0.1) is 10.2 Å². The van der Waals surface area contributed by atoms with Crippen molar-refractivity contribution in [3.63, 3.8) is 0 Å². The quantitative estimate of drug-likeness (QED) is 0.191. The predicted octanol–water partition coefficient (Wildman–Crippen LogP) is 3.25. The third-order valence-corrected chi connectivity index (χ3v) is 12.1. The Kier molecular flexibility index (Phi) is 14.8. The molecule has 0 radical (unpaired) electrons. The highest BCUT2D eigenvalue weighted by atomic mass is 16.7. The van der Waals surface area contributed by atoms with Crippen LogP contribution in [-0.2, 0) is 39.8 Å². The number of carbonyl (C=O) groups is 3. The molecule has 5 rings (SSSR count). The van der Waals surface area contributed by atoms with Gasteiger partial charge in [-0.2, -0.15) is 5.10 Å². The number of Topliss-reactive ketones (excluding diaryl/α,β-unsaturated/α-hetero) is 1. The number of aryl methyl sites for hydroxylation is 1. The zero-order valence-electron chi connectivity index (χ0n) is 35.3. The van der Waals surface area contributed by atoms with E-state index in [2.05, 4.69) is 32.7 Å². The van der Waals surface area contributed by atoms with Crippen molar-refractivity contribution in [2.75, 3.05) is 34.3 Å². The van der Waals surface area contributed by atoms with Gasteiger partial charge in [0, 0.05) is 44.9 Å². The first kappa shape index (κ1) is 44.5. The summed E-state index contributed by atoms with van der Waals surface area (Å²) in [6.45, 7) is 14.6. The van der Waals surface area contributed by atoms with Gasteiger partial charge in [-0.3, -0.25) is 19.2 Å². The second-order valence-corrected chi connectivity index (χ2v) is 16.8. The van der Waals surface area contributed by atoms with Gasteiger partial charge in [0.25, 0.3) is 0 Å². The molecule has 0 aromatic carbocycles. The normalized spacial score (nSPS) is 36.0. The van der Waals surface area contributed by atoms with Crippen LogP contribution >= 0.6 is 0 Å². The largest absolute Gasteiger partial charge is 0.458 e. The van der Waals surface area contributed by atoms with Crippen LogP contribution in [0.3, 0.4) is 0 Å². The van der Waals surface area contributed by atoms with Crippen molar-refractivity contribution in [1.82, 2.24) is 40.3 Å². The maximum Gasteiger partial charge on any atom is 0.410 e. The molecule has 3 fully saturated rings. The van der Waals surface area contributed by atoms with E-state index in [4.69, 9.17) is 23.7 Å². The summed E-state index contributed by atoms with van der Waals surface area (Å²) in [6, 6.07) is 2.59. The molecule has 5 heterocycles. The average Bonchev–Trinajstić information content (AvgIpc) is 3.76. The van der Waals surface area contributed by atoms with Gasteiger partial charge in [0.05, 0.1) is 30.0 Å². The van der Waals surface area contributed by atoms with Gasteiger partial charge >= 0.3 is 12.1 Å². The van der Waals surface area contributed by atoms with E-state index in [-0.39, 0.29) is 30.5 Å². The number of esters is 1. The van der Waals surface area contributed by atoms with Crippen LogP contribution in [0.5, 0.6) is 0 Å². The van der Waals surface area contributed by atoms with Gasteiger partial charge in [-0.1, -0.05) is 19.1 Å². The summed E-state index contributed by atoms with van der Waals surface area (Å²) in [6.07, 6.45) is 1.63. The number of hydrogen-bond acceptors (Lipinski definition) is 15. The van der Waals surface area contributed by atoms with Crippen molar-refractivity contribution < 1.29 is 43.2 Å². The Morgan fingerprint density at radius 1 is 1.07 bits per heavy atom. The van der Waals surface area contributed by atoms with E-state index in [1.54, 1.807) is 29.0 Å². The third-order valence-electron chi connectivity index (χ3n) is 12.1. The molecular weight excluding hydrogens is 736 g/mol. The third kappa shape index (κ3) is 10.2. The minimum atomic E-state index is -1.22. The van der Waals surface area contributed by atoms with Crippen LogP contribution in [-0.4, -0.2) is 152 Å². The van der Waals surface area contributed by atoms with Crippen molar-refractivity contribution in [2.24, 2.45) is 11.8 Å². The number of ketones is 1. The van der Waals surface area contributed by atoms with Gasteiger partial charge in [0.1, 0.15) is 35.3 Å². The molecule has 2 N–H and O–H groups in total. The van der Waals surface area contributed by atoms with Crippen LogP contribution in [0.25, 0.3) is 11.4 Å². The predicted molar refractivity (Wildman–Crippen MR) is 209 cm³/mol. The van der Waals surface area contributed by atoms with Gasteiger partial charge in [-0.05, 0) is 105 Å². The number of methoxy groups -OCH3 is 1. The molecular formula is C40H64N8O9. The number of nitrogens with zero attached hydrogens (tertiary/aromatic N) is 7. The Morgan fingerprint density at radius 3 is 2.47 bits per heavy atom. The number of cyclic esters (lactones) is 1. The van der Waals surface area contributed by atoms with Gasteiger partial charge in [0.15, 0.2) is 11.9 Å². The van der Waals surface area contributed by atoms with E-state index in [1.165, 1.54) is 6.92 Å². The minimum absolute atomic E-state index is 0.00109. The Labute approximate surface area is 336 Å². The lowest BCUT2D eigenvalue weighted by atomic mass is 9.83.